The van der Waals surface area contributed by atoms with E-state index in [1.54, 1.807) is 12.3 Å². The highest BCUT2D eigenvalue weighted by Gasteiger charge is 2.54. The molecule has 9 nitrogen and oxygen atoms in total. The van der Waals surface area contributed by atoms with Crippen LogP contribution in [0.4, 0.5) is 18.9 Å². The molecule has 0 radical (unpaired) electrons. The first-order chi connectivity index (χ1) is 21.4. The number of ether oxygens (including phenoxy) is 1. The van der Waals surface area contributed by atoms with Gasteiger partial charge < -0.3 is 26.6 Å². The second-order valence-corrected chi connectivity index (χ2v) is 12.4. The number of hydrogen-bond donors (Lipinski definition) is 4. The second-order valence-electron chi connectivity index (χ2n) is 12.0. The van der Waals surface area contributed by atoms with Crippen LogP contribution < -0.4 is 21.5 Å². The molecule has 3 fully saturated rings. The van der Waals surface area contributed by atoms with Crippen molar-refractivity contribution in [1.29, 1.82) is 0 Å². The molecule has 0 aliphatic heterocycles. The van der Waals surface area contributed by atoms with Gasteiger partial charge in [-0.05, 0) is 68.7 Å². The number of nitrogens with one attached hydrogen (secondary N) is 1. The third-order valence-electron chi connectivity index (χ3n) is 8.80. The Morgan fingerprint density at radius 2 is 1.87 bits per heavy atom. The number of anilines is 1. The minimum Gasteiger partial charge on any atom is -0.495 e. The Hall–Kier alpha value is -4.16. The molecule has 3 aliphatic rings. The Morgan fingerprint density at radius 3 is 2.47 bits per heavy atom. The number of amides is 2. The van der Waals surface area contributed by atoms with Gasteiger partial charge in [0.25, 0.3) is 5.91 Å². The van der Waals surface area contributed by atoms with Crippen molar-refractivity contribution >= 4 is 35.3 Å². The lowest BCUT2D eigenvalue weighted by Crippen LogP contribution is -2.43. The average molecular weight is 642 g/mol. The Bertz CT molecular complexity index is 1760. The number of methoxy groups -OCH3 is 1. The van der Waals surface area contributed by atoms with E-state index in [0.717, 1.165) is 18.9 Å². The number of aromatic nitrogens is 1. The van der Waals surface area contributed by atoms with E-state index >= 15 is 8.78 Å². The molecule has 13 heteroatoms. The number of pyridine rings is 1. The fourth-order valence-electron chi connectivity index (χ4n) is 5.54. The van der Waals surface area contributed by atoms with Crippen LogP contribution >= 0.6 is 11.6 Å². The van der Waals surface area contributed by atoms with Gasteiger partial charge in [-0.25, -0.2) is 18.2 Å². The highest BCUT2D eigenvalue weighted by atomic mass is 35.5. The molecule has 2 amide bonds. The van der Waals surface area contributed by atoms with Crippen molar-refractivity contribution in [3.05, 3.63) is 75.2 Å². The number of nitrogens with zero attached hydrogens (tertiary/aromatic N) is 2. The quantitative estimate of drug-likeness (QED) is 0.137. The number of nitrogens with two attached hydrogens (primary N) is 2. The lowest BCUT2D eigenvalue weighted by Gasteiger charge is -2.30. The Kier molecular flexibility index (Phi) is 7.77. The molecular formula is C32H31ClF3N5O4. The molecule has 1 atom stereocenters. The molecular weight excluding hydrogens is 611 g/mol. The second kappa shape index (κ2) is 11.3. The summed E-state index contributed by atoms with van der Waals surface area (Å²) in [6.07, 6.45) is 5.16. The maximum Gasteiger partial charge on any atom is 0.251 e. The van der Waals surface area contributed by atoms with Gasteiger partial charge in [-0.1, -0.05) is 11.6 Å². The van der Waals surface area contributed by atoms with Crippen LogP contribution in [0.25, 0.3) is 11.3 Å². The molecule has 1 heterocycles. The zero-order valence-electron chi connectivity index (χ0n) is 24.3. The summed E-state index contributed by atoms with van der Waals surface area (Å²) in [5, 5.41) is 14.3. The summed E-state index contributed by atoms with van der Waals surface area (Å²) >= 11 is 5.91. The van der Waals surface area contributed by atoms with Crippen LogP contribution in [-0.2, 0) is 15.8 Å². The van der Waals surface area contributed by atoms with Crippen molar-refractivity contribution in [3.8, 4) is 17.0 Å². The van der Waals surface area contributed by atoms with Crippen LogP contribution in [0.1, 0.15) is 65.7 Å². The first kappa shape index (κ1) is 30.8. The van der Waals surface area contributed by atoms with Gasteiger partial charge in [-0.15, -0.1) is 0 Å². The van der Waals surface area contributed by atoms with Crippen LogP contribution in [0.5, 0.6) is 5.75 Å². The SMILES string of the molecule is COc1cc(C(=O)NC[C@](O)(c2cc(C3(C(N)=O)CC3)c(F)c(-c3cc(Cl)c(F)cc3F)n2)C2CC2)cc(C=NC2CC2)c1N. The van der Waals surface area contributed by atoms with E-state index in [4.69, 9.17) is 27.8 Å². The van der Waals surface area contributed by atoms with Crippen molar-refractivity contribution in [3.63, 3.8) is 0 Å². The van der Waals surface area contributed by atoms with Crippen molar-refractivity contribution in [2.75, 3.05) is 19.4 Å². The molecule has 6 N–H and O–H groups in total. The number of halogens is 4. The van der Waals surface area contributed by atoms with E-state index in [1.165, 1.54) is 19.2 Å². The third-order valence-corrected chi connectivity index (χ3v) is 9.09. The Labute approximate surface area is 261 Å². The summed E-state index contributed by atoms with van der Waals surface area (Å²) in [7, 11) is 1.42. The molecule has 3 saturated carbocycles. The number of aliphatic imine (C=N–C) groups is 1. The van der Waals surface area contributed by atoms with Gasteiger partial charge in [0.15, 0.2) is 5.82 Å². The number of benzene rings is 2. The van der Waals surface area contributed by atoms with E-state index in [1.807, 2.05) is 0 Å². The minimum atomic E-state index is -1.85. The van der Waals surface area contributed by atoms with E-state index in [0.29, 0.717) is 30.2 Å². The summed E-state index contributed by atoms with van der Waals surface area (Å²) in [4.78, 5) is 34.6. The maximum atomic E-state index is 16.1. The molecule has 3 aromatic rings. The van der Waals surface area contributed by atoms with Crippen molar-refractivity contribution in [2.45, 2.75) is 55.6 Å². The number of rotatable bonds is 11. The summed E-state index contributed by atoms with van der Waals surface area (Å²) in [5.74, 6) is -4.71. The van der Waals surface area contributed by atoms with Crippen molar-refractivity contribution < 1.29 is 32.6 Å². The average Bonchev–Trinajstić information content (AvgIpc) is 3.86. The Morgan fingerprint density at radius 1 is 1.16 bits per heavy atom. The van der Waals surface area contributed by atoms with Gasteiger partial charge in [-0.3, -0.25) is 14.6 Å². The highest BCUT2D eigenvalue weighted by molar-refractivity contribution is 6.31. The zero-order valence-corrected chi connectivity index (χ0v) is 25.1. The zero-order chi connectivity index (χ0) is 32.3. The fourth-order valence-corrected chi connectivity index (χ4v) is 5.71. The number of carbonyl (C=O) groups excluding carboxylic acids is 2. The highest BCUT2D eigenvalue weighted by Crippen LogP contribution is 2.52. The summed E-state index contributed by atoms with van der Waals surface area (Å²) < 4.78 is 50.5. The van der Waals surface area contributed by atoms with Crippen LogP contribution in [0.15, 0.2) is 35.3 Å². The summed E-state index contributed by atoms with van der Waals surface area (Å²) in [5.41, 5.74) is 8.34. The van der Waals surface area contributed by atoms with E-state index < -0.39 is 62.5 Å². The topological polar surface area (TPSA) is 153 Å². The first-order valence-corrected chi connectivity index (χ1v) is 14.9. The van der Waals surface area contributed by atoms with Crippen LogP contribution in [0, 0.1) is 23.4 Å². The van der Waals surface area contributed by atoms with Crippen LogP contribution in [0.3, 0.4) is 0 Å². The van der Waals surface area contributed by atoms with Gasteiger partial charge in [0.05, 0.1) is 41.5 Å². The lowest BCUT2D eigenvalue weighted by atomic mass is 9.86. The largest absolute Gasteiger partial charge is 0.495 e. The lowest BCUT2D eigenvalue weighted by molar-refractivity contribution is -0.120. The smallest absolute Gasteiger partial charge is 0.251 e. The molecule has 0 saturated heterocycles. The van der Waals surface area contributed by atoms with Gasteiger partial charge in [0.1, 0.15) is 28.7 Å². The molecule has 2 aromatic carbocycles. The number of nitrogen functional groups attached to an aromatic ring is 1. The van der Waals surface area contributed by atoms with E-state index in [2.05, 4.69) is 15.3 Å². The van der Waals surface area contributed by atoms with Crippen LogP contribution in [0.2, 0.25) is 5.02 Å². The molecule has 6 rings (SSSR count). The number of hydrogen-bond acceptors (Lipinski definition) is 7. The molecule has 0 spiro atoms. The molecule has 45 heavy (non-hydrogen) atoms. The summed E-state index contributed by atoms with van der Waals surface area (Å²) in [6.45, 7) is -0.359. The van der Waals surface area contributed by atoms with Crippen molar-refractivity contribution in [1.82, 2.24) is 10.3 Å². The number of aliphatic hydroxyl groups is 1. The predicted molar refractivity (Wildman–Crippen MR) is 162 cm³/mol. The van der Waals surface area contributed by atoms with Gasteiger partial charge in [0.2, 0.25) is 5.91 Å². The molecule has 3 aliphatic carbocycles. The molecule has 0 unspecified atom stereocenters. The van der Waals surface area contributed by atoms with Crippen molar-refractivity contribution in [2.24, 2.45) is 16.6 Å². The van der Waals surface area contributed by atoms with Gasteiger partial charge in [-0.2, -0.15) is 0 Å². The van der Waals surface area contributed by atoms with E-state index in [9.17, 15) is 19.1 Å². The molecule has 1 aromatic heterocycles. The Balaban J connectivity index is 1.39. The molecule has 236 valence electrons. The normalized spacial score (nSPS) is 18.4. The predicted octanol–water partition coefficient (Wildman–Crippen LogP) is 4.54. The van der Waals surface area contributed by atoms with Crippen LogP contribution in [-0.4, -0.2) is 47.8 Å². The number of primary amides is 1. The molecule has 0 bridgehead atoms. The fraction of sp³-hybridized carbons (Fsp3) is 0.375. The summed E-state index contributed by atoms with van der Waals surface area (Å²) in [6, 6.07) is 5.90. The maximum absolute atomic E-state index is 16.1. The monoisotopic (exact) mass is 641 g/mol. The van der Waals surface area contributed by atoms with Gasteiger partial charge in [0, 0.05) is 34.5 Å². The van der Waals surface area contributed by atoms with Gasteiger partial charge >= 0.3 is 0 Å². The van der Waals surface area contributed by atoms with E-state index in [-0.39, 0.29) is 48.0 Å². The first-order valence-electron chi connectivity index (χ1n) is 14.6. The minimum absolute atomic E-state index is 0.101. The third kappa shape index (κ3) is 5.72. The number of carbonyl (C=O) groups is 2. The standard InChI is InChI=1S/C32H31ClF3N5O4/c1-45-24-9-15(8-16(27(24)37)13-39-18-4-5-18)29(42)40-14-32(44,17-2-3-17)25-11-20(31(6-7-31)30(38)43)26(36)28(41-25)19-10-21(33)23(35)12-22(19)34/h8-13,17-18,44H,2-7,14,37H2,1H3,(H2,38,43)(H,40,42)/t32-/m1/s1.